The Kier molecular flexibility index (Phi) is 3.25. The van der Waals surface area contributed by atoms with Crippen molar-refractivity contribution in [2.75, 3.05) is 0 Å². The lowest BCUT2D eigenvalue weighted by Crippen LogP contribution is -2.31. The minimum absolute atomic E-state index is 0.0251. The standard InChI is InChI=1S/C18H21N3O/c1-12-8-9-19-15(11-12)17(13-4-5-13)20-18(22)16-3-2-10-21(16)14-6-7-14/h2-3,8-11,13-14,17H,4-7H2,1H3,(H,20,22)/t17-/m0/s1. The molecule has 4 nitrogen and oxygen atoms in total. The molecule has 0 bridgehead atoms. The first-order valence-electron chi connectivity index (χ1n) is 8.12. The zero-order valence-electron chi connectivity index (χ0n) is 12.8. The van der Waals surface area contributed by atoms with Crippen LogP contribution in [-0.4, -0.2) is 15.5 Å². The Balaban J connectivity index is 1.56. The molecular weight excluding hydrogens is 274 g/mol. The Morgan fingerprint density at radius 3 is 2.82 bits per heavy atom. The van der Waals surface area contributed by atoms with Gasteiger partial charge >= 0.3 is 0 Å². The van der Waals surface area contributed by atoms with E-state index in [1.807, 2.05) is 30.6 Å². The van der Waals surface area contributed by atoms with Crippen molar-refractivity contribution in [1.29, 1.82) is 0 Å². The maximum atomic E-state index is 12.7. The number of hydrogen-bond acceptors (Lipinski definition) is 2. The van der Waals surface area contributed by atoms with Crippen LogP contribution in [0.5, 0.6) is 0 Å². The van der Waals surface area contributed by atoms with Crippen LogP contribution in [0.3, 0.4) is 0 Å². The normalized spacial score (nSPS) is 19.0. The zero-order valence-corrected chi connectivity index (χ0v) is 12.8. The van der Waals surface area contributed by atoms with Crippen LogP contribution >= 0.6 is 0 Å². The van der Waals surface area contributed by atoms with Gasteiger partial charge in [0.25, 0.3) is 5.91 Å². The summed E-state index contributed by atoms with van der Waals surface area (Å²) in [6, 6.07) is 8.52. The van der Waals surface area contributed by atoms with Gasteiger partial charge in [0.1, 0.15) is 5.69 Å². The van der Waals surface area contributed by atoms with E-state index in [1.54, 1.807) is 0 Å². The van der Waals surface area contributed by atoms with Crippen molar-refractivity contribution in [2.24, 2.45) is 5.92 Å². The van der Waals surface area contributed by atoms with E-state index >= 15 is 0 Å². The van der Waals surface area contributed by atoms with Gasteiger partial charge in [-0.15, -0.1) is 0 Å². The van der Waals surface area contributed by atoms with Crippen molar-refractivity contribution in [3.63, 3.8) is 0 Å². The molecule has 0 saturated heterocycles. The van der Waals surface area contributed by atoms with Gasteiger partial charge in [-0.1, -0.05) is 0 Å². The van der Waals surface area contributed by atoms with Crippen LogP contribution in [0.15, 0.2) is 36.7 Å². The van der Waals surface area contributed by atoms with Crippen molar-refractivity contribution in [1.82, 2.24) is 14.9 Å². The third-order valence-corrected chi connectivity index (χ3v) is 4.59. The molecular formula is C18H21N3O. The van der Waals surface area contributed by atoms with Gasteiger partial charge in [0, 0.05) is 18.4 Å². The van der Waals surface area contributed by atoms with Crippen molar-refractivity contribution in [3.05, 3.63) is 53.6 Å². The molecule has 2 aromatic rings. The fraction of sp³-hybridized carbons (Fsp3) is 0.444. The molecule has 4 heteroatoms. The monoisotopic (exact) mass is 295 g/mol. The van der Waals surface area contributed by atoms with Gasteiger partial charge in [0.2, 0.25) is 0 Å². The van der Waals surface area contributed by atoms with Crippen LogP contribution in [0.2, 0.25) is 0 Å². The molecule has 2 heterocycles. The summed E-state index contributed by atoms with van der Waals surface area (Å²) in [5.74, 6) is 0.555. The molecule has 0 aliphatic heterocycles. The summed E-state index contributed by atoms with van der Waals surface area (Å²) in [5, 5.41) is 3.23. The van der Waals surface area contributed by atoms with E-state index in [1.165, 1.54) is 31.2 Å². The SMILES string of the molecule is Cc1ccnc([C@@H](NC(=O)c2cccn2C2CC2)C2CC2)c1. The largest absolute Gasteiger partial charge is 0.342 e. The lowest BCUT2D eigenvalue weighted by Gasteiger charge is -2.19. The molecule has 0 spiro atoms. The molecule has 22 heavy (non-hydrogen) atoms. The minimum Gasteiger partial charge on any atom is -0.342 e. The number of hydrogen-bond donors (Lipinski definition) is 1. The number of carbonyl (C=O) groups is 1. The Morgan fingerprint density at radius 2 is 2.14 bits per heavy atom. The number of rotatable bonds is 5. The maximum absolute atomic E-state index is 12.7. The Morgan fingerprint density at radius 1 is 1.32 bits per heavy atom. The zero-order chi connectivity index (χ0) is 15.1. The van der Waals surface area contributed by atoms with Crippen molar-refractivity contribution >= 4 is 5.91 Å². The van der Waals surface area contributed by atoms with Gasteiger partial charge in [-0.25, -0.2) is 0 Å². The van der Waals surface area contributed by atoms with Crippen molar-refractivity contribution in [2.45, 2.75) is 44.7 Å². The molecule has 2 aliphatic carbocycles. The van der Waals surface area contributed by atoms with Gasteiger partial charge in [0.05, 0.1) is 11.7 Å². The summed E-state index contributed by atoms with van der Waals surface area (Å²) >= 11 is 0. The Hall–Kier alpha value is -2.10. The van der Waals surface area contributed by atoms with E-state index in [-0.39, 0.29) is 11.9 Å². The van der Waals surface area contributed by atoms with Crippen LogP contribution in [0.1, 0.15) is 59.5 Å². The van der Waals surface area contributed by atoms with Gasteiger partial charge in [-0.3, -0.25) is 9.78 Å². The smallest absolute Gasteiger partial charge is 0.268 e. The number of carbonyl (C=O) groups excluding carboxylic acids is 1. The van der Waals surface area contributed by atoms with E-state index in [2.05, 4.69) is 27.9 Å². The second-order valence-electron chi connectivity index (χ2n) is 6.58. The fourth-order valence-electron chi connectivity index (χ4n) is 3.06. The van der Waals surface area contributed by atoms with Gasteiger partial charge in [0.15, 0.2) is 0 Å². The van der Waals surface area contributed by atoms with Crippen molar-refractivity contribution in [3.8, 4) is 0 Å². The molecule has 0 radical (unpaired) electrons. The first kappa shape index (κ1) is 13.6. The molecule has 4 rings (SSSR count). The van der Waals surface area contributed by atoms with Crippen LogP contribution in [0.4, 0.5) is 0 Å². The molecule has 0 aromatic carbocycles. The second kappa shape index (κ2) is 5.27. The summed E-state index contributed by atoms with van der Waals surface area (Å²) in [7, 11) is 0. The number of aryl methyl sites for hydroxylation is 1. The molecule has 1 atom stereocenters. The molecule has 1 amide bonds. The van der Waals surface area contributed by atoms with Gasteiger partial charge in [-0.2, -0.15) is 0 Å². The number of aromatic nitrogens is 2. The topological polar surface area (TPSA) is 46.9 Å². The van der Waals surface area contributed by atoms with E-state index in [9.17, 15) is 4.79 Å². The molecule has 2 aliphatic rings. The fourth-order valence-corrected chi connectivity index (χ4v) is 3.06. The highest BCUT2D eigenvalue weighted by Gasteiger charge is 2.35. The van der Waals surface area contributed by atoms with E-state index < -0.39 is 0 Å². The molecule has 0 unspecified atom stereocenters. The van der Waals surface area contributed by atoms with E-state index in [4.69, 9.17) is 0 Å². The second-order valence-corrected chi connectivity index (χ2v) is 6.58. The molecule has 1 N–H and O–H groups in total. The molecule has 2 saturated carbocycles. The highest BCUT2D eigenvalue weighted by atomic mass is 16.2. The lowest BCUT2D eigenvalue weighted by molar-refractivity contribution is 0.0921. The molecule has 114 valence electrons. The predicted molar refractivity (Wildman–Crippen MR) is 84.6 cm³/mol. The van der Waals surface area contributed by atoms with Gasteiger partial charge in [-0.05, 0) is 68.4 Å². The summed E-state index contributed by atoms with van der Waals surface area (Å²) in [5.41, 5.74) is 2.95. The number of nitrogens with zero attached hydrogens (tertiary/aromatic N) is 2. The van der Waals surface area contributed by atoms with Crippen LogP contribution < -0.4 is 5.32 Å². The Labute approximate surface area is 130 Å². The summed E-state index contributed by atoms with van der Waals surface area (Å²) in [6.07, 6.45) is 8.55. The summed E-state index contributed by atoms with van der Waals surface area (Å²) in [6.45, 7) is 2.06. The van der Waals surface area contributed by atoms with E-state index in [0.717, 1.165) is 11.4 Å². The lowest BCUT2D eigenvalue weighted by atomic mass is 10.1. The summed E-state index contributed by atoms with van der Waals surface area (Å²) < 4.78 is 2.11. The Bertz CT molecular complexity index is 698. The average Bonchev–Trinajstić information content (AvgIpc) is 3.43. The minimum atomic E-state index is 0.0251. The van der Waals surface area contributed by atoms with E-state index in [0.29, 0.717) is 12.0 Å². The third kappa shape index (κ3) is 2.65. The number of amides is 1. The molecule has 2 fully saturated rings. The first-order chi connectivity index (χ1) is 10.7. The quantitative estimate of drug-likeness (QED) is 0.919. The maximum Gasteiger partial charge on any atom is 0.268 e. The third-order valence-electron chi connectivity index (χ3n) is 4.59. The van der Waals surface area contributed by atoms with Gasteiger partial charge < -0.3 is 9.88 Å². The number of nitrogens with one attached hydrogen (secondary N) is 1. The predicted octanol–water partition coefficient (Wildman–Crippen LogP) is 3.41. The number of pyridine rings is 1. The highest BCUT2D eigenvalue weighted by molar-refractivity contribution is 5.93. The van der Waals surface area contributed by atoms with Crippen LogP contribution in [-0.2, 0) is 0 Å². The highest BCUT2D eigenvalue weighted by Crippen LogP contribution is 2.41. The molecule has 2 aromatic heterocycles. The summed E-state index contributed by atoms with van der Waals surface area (Å²) in [4.78, 5) is 17.2. The van der Waals surface area contributed by atoms with Crippen LogP contribution in [0, 0.1) is 12.8 Å². The van der Waals surface area contributed by atoms with Crippen LogP contribution in [0.25, 0.3) is 0 Å². The first-order valence-corrected chi connectivity index (χ1v) is 8.12. The average molecular weight is 295 g/mol. The van der Waals surface area contributed by atoms with Crippen molar-refractivity contribution < 1.29 is 4.79 Å².